The van der Waals surface area contributed by atoms with Gasteiger partial charge in [0.25, 0.3) is 0 Å². The van der Waals surface area contributed by atoms with E-state index in [1.807, 2.05) is 6.07 Å². The molecule has 2 N–H and O–H groups in total. The third kappa shape index (κ3) is 1.89. The van der Waals surface area contributed by atoms with Gasteiger partial charge in [-0.25, -0.2) is 0 Å². The van der Waals surface area contributed by atoms with Gasteiger partial charge in [0.15, 0.2) is 0 Å². The number of benzene rings is 1. The number of ether oxygens (including phenoxy) is 1. The Morgan fingerprint density at radius 1 is 1.24 bits per heavy atom. The molecule has 92 valence electrons. The van der Waals surface area contributed by atoms with Crippen LogP contribution in [-0.2, 0) is 4.74 Å². The number of nitrogens with two attached hydrogens (primary N) is 1. The Morgan fingerprint density at radius 3 is 2.59 bits per heavy atom. The van der Waals surface area contributed by atoms with Crippen molar-refractivity contribution in [2.45, 2.75) is 19.8 Å². The van der Waals surface area contributed by atoms with Crippen molar-refractivity contribution in [1.29, 1.82) is 0 Å². The highest BCUT2D eigenvalue weighted by atomic mass is 16.5. The Balaban J connectivity index is 1.70. The van der Waals surface area contributed by atoms with Gasteiger partial charge in [0.2, 0.25) is 0 Å². The first kappa shape index (κ1) is 10.9. The Hall–Kier alpha value is -1.22. The number of hydrogen-bond donors (Lipinski definition) is 1. The van der Waals surface area contributed by atoms with Crippen molar-refractivity contribution in [2.24, 2.45) is 5.41 Å². The minimum atomic E-state index is 0.535. The van der Waals surface area contributed by atoms with Gasteiger partial charge >= 0.3 is 0 Å². The lowest BCUT2D eigenvalue weighted by Gasteiger charge is -2.53. The molecule has 1 spiro atoms. The Kier molecular flexibility index (Phi) is 2.51. The summed E-state index contributed by atoms with van der Waals surface area (Å²) in [5, 5.41) is 0. The average molecular weight is 232 g/mol. The highest BCUT2D eigenvalue weighted by Gasteiger charge is 2.43. The quantitative estimate of drug-likeness (QED) is 0.754. The molecule has 0 aliphatic carbocycles. The summed E-state index contributed by atoms with van der Waals surface area (Å²) in [6.07, 6.45) is 2.44. The van der Waals surface area contributed by atoms with Crippen molar-refractivity contribution in [3.8, 4) is 0 Å². The Labute approximate surface area is 103 Å². The fraction of sp³-hybridized carbons (Fsp3) is 0.571. The van der Waals surface area contributed by atoms with Crippen LogP contribution in [0, 0.1) is 12.3 Å². The van der Waals surface area contributed by atoms with E-state index < -0.39 is 0 Å². The summed E-state index contributed by atoms with van der Waals surface area (Å²) in [6.45, 7) is 6.31. The van der Waals surface area contributed by atoms with Crippen LogP contribution in [0.5, 0.6) is 0 Å². The molecule has 1 aromatic rings. The van der Waals surface area contributed by atoms with Crippen LogP contribution in [0.15, 0.2) is 18.2 Å². The molecule has 2 fully saturated rings. The molecule has 0 bridgehead atoms. The molecule has 0 aromatic heterocycles. The predicted octanol–water partition coefficient (Wildman–Crippen LogP) is 2.19. The summed E-state index contributed by atoms with van der Waals surface area (Å²) in [5.74, 6) is 0. The van der Waals surface area contributed by atoms with Crippen molar-refractivity contribution in [2.75, 3.05) is 36.9 Å². The number of nitrogens with zero attached hydrogens (tertiary/aromatic N) is 1. The smallest absolute Gasteiger partial charge is 0.0472 e. The van der Waals surface area contributed by atoms with Crippen LogP contribution in [0.3, 0.4) is 0 Å². The summed E-state index contributed by atoms with van der Waals surface area (Å²) in [7, 11) is 0. The van der Waals surface area contributed by atoms with Crippen molar-refractivity contribution in [3.05, 3.63) is 23.8 Å². The molecule has 3 rings (SSSR count). The molecule has 0 amide bonds. The largest absolute Gasteiger partial charge is 0.399 e. The van der Waals surface area contributed by atoms with Gasteiger partial charge in [0.1, 0.15) is 0 Å². The summed E-state index contributed by atoms with van der Waals surface area (Å²) >= 11 is 0. The highest BCUT2D eigenvalue weighted by molar-refractivity contribution is 5.59. The second kappa shape index (κ2) is 3.91. The third-order valence-electron chi connectivity index (χ3n) is 4.22. The lowest BCUT2D eigenvalue weighted by atomic mass is 9.73. The second-order valence-corrected chi connectivity index (χ2v) is 5.51. The molecular weight excluding hydrogens is 212 g/mol. The molecule has 2 heterocycles. The van der Waals surface area contributed by atoms with Crippen molar-refractivity contribution >= 4 is 11.4 Å². The van der Waals surface area contributed by atoms with Crippen LogP contribution in [0.4, 0.5) is 11.4 Å². The van der Waals surface area contributed by atoms with E-state index in [1.165, 1.54) is 37.2 Å². The first-order valence-corrected chi connectivity index (χ1v) is 6.37. The standard InChI is InChI=1S/C14H20N2O/c1-11-8-12(2-3-13(11)15)16-9-14(10-16)4-6-17-7-5-14/h2-3,8H,4-7,9-10,15H2,1H3. The zero-order valence-corrected chi connectivity index (χ0v) is 10.4. The molecule has 3 heteroatoms. The van der Waals surface area contributed by atoms with Crippen LogP contribution in [0.2, 0.25) is 0 Å². The normalized spacial score (nSPS) is 22.5. The molecule has 2 aliphatic rings. The summed E-state index contributed by atoms with van der Waals surface area (Å²) in [6, 6.07) is 6.34. The van der Waals surface area contributed by atoms with E-state index >= 15 is 0 Å². The maximum absolute atomic E-state index is 5.85. The number of anilines is 2. The number of rotatable bonds is 1. The van der Waals surface area contributed by atoms with Gasteiger partial charge in [-0.1, -0.05) is 0 Å². The van der Waals surface area contributed by atoms with Gasteiger partial charge in [-0.2, -0.15) is 0 Å². The van der Waals surface area contributed by atoms with Gasteiger partial charge in [-0.3, -0.25) is 0 Å². The number of aryl methyl sites for hydroxylation is 1. The molecule has 2 aliphatic heterocycles. The SMILES string of the molecule is Cc1cc(N2CC3(CCOCC3)C2)ccc1N. The molecule has 3 nitrogen and oxygen atoms in total. The first-order valence-electron chi connectivity index (χ1n) is 6.37. The van der Waals surface area contributed by atoms with Gasteiger partial charge in [-0.15, -0.1) is 0 Å². The highest BCUT2D eigenvalue weighted by Crippen LogP contribution is 2.42. The zero-order chi connectivity index (χ0) is 11.9. The summed E-state index contributed by atoms with van der Waals surface area (Å²) in [4.78, 5) is 2.46. The summed E-state index contributed by atoms with van der Waals surface area (Å²) in [5.41, 5.74) is 9.76. The van der Waals surface area contributed by atoms with E-state index in [0.717, 1.165) is 18.9 Å². The van der Waals surface area contributed by atoms with Gasteiger partial charge in [0, 0.05) is 43.1 Å². The molecular formula is C14H20N2O. The van der Waals surface area contributed by atoms with Crippen molar-refractivity contribution in [3.63, 3.8) is 0 Å². The topological polar surface area (TPSA) is 38.5 Å². The van der Waals surface area contributed by atoms with Crippen molar-refractivity contribution in [1.82, 2.24) is 0 Å². The summed E-state index contributed by atoms with van der Waals surface area (Å²) < 4.78 is 5.44. The molecule has 0 atom stereocenters. The fourth-order valence-electron chi connectivity index (χ4n) is 2.92. The van der Waals surface area contributed by atoms with Gasteiger partial charge < -0.3 is 15.4 Å². The second-order valence-electron chi connectivity index (χ2n) is 5.51. The van der Waals surface area contributed by atoms with Crippen LogP contribution in [-0.4, -0.2) is 26.3 Å². The lowest BCUT2D eigenvalue weighted by Crippen LogP contribution is -2.58. The van der Waals surface area contributed by atoms with E-state index in [1.54, 1.807) is 0 Å². The third-order valence-corrected chi connectivity index (χ3v) is 4.22. The minimum absolute atomic E-state index is 0.535. The predicted molar refractivity (Wildman–Crippen MR) is 70.3 cm³/mol. The first-order chi connectivity index (χ1) is 8.19. The Morgan fingerprint density at radius 2 is 1.94 bits per heavy atom. The van der Waals surface area contributed by atoms with Crippen LogP contribution >= 0.6 is 0 Å². The van der Waals surface area contributed by atoms with E-state index in [4.69, 9.17) is 10.5 Å². The lowest BCUT2D eigenvalue weighted by molar-refractivity contribution is -0.000192. The minimum Gasteiger partial charge on any atom is -0.399 e. The van der Waals surface area contributed by atoms with Crippen LogP contribution in [0.1, 0.15) is 18.4 Å². The average Bonchev–Trinajstić information content (AvgIpc) is 2.31. The van der Waals surface area contributed by atoms with E-state index in [0.29, 0.717) is 5.41 Å². The molecule has 0 saturated carbocycles. The molecule has 0 unspecified atom stereocenters. The van der Waals surface area contributed by atoms with Crippen LogP contribution in [0.25, 0.3) is 0 Å². The molecule has 0 radical (unpaired) electrons. The zero-order valence-electron chi connectivity index (χ0n) is 10.4. The number of nitrogen functional groups attached to an aromatic ring is 1. The molecule has 2 saturated heterocycles. The van der Waals surface area contributed by atoms with Gasteiger partial charge in [-0.05, 0) is 43.5 Å². The van der Waals surface area contributed by atoms with E-state index in [2.05, 4.69) is 24.0 Å². The fourth-order valence-corrected chi connectivity index (χ4v) is 2.92. The Bertz CT molecular complexity index is 416. The van der Waals surface area contributed by atoms with Crippen LogP contribution < -0.4 is 10.6 Å². The van der Waals surface area contributed by atoms with E-state index in [9.17, 15) is 0 Å². The maximum atomic E-state index is 5.85. The number of hydrogen-bond acceptors (Lipinski definition) is 3. The molecule has 1 aromatic carbocycles. The van der Waals surface area contributed by atoms with E-state index in [-0.39, 0.29) is 0 Å². The maximum Gasteiger partial charge on any atom is 0.0472 e. The molecule has 17 heavy (non-hydrogen) atoms. The van der Waals surface area contributed by atoms with Gasteiger partial charge in [0.05, 0.1) is 0 Å². The monoisotopic (exact) mass is 232 g/mol. The van der Waals surface area contributed by atoms with Crippen molar-refractivity contribution < 1.29 is 4.74 Å².